The fourth-order valence-electron chi connectivity index (χ4n) is 1.57. The molecular formula is C16H32O6S. The molecule has 1 aliphatic rings. The van der Waals surface area contributed by atoms with E-state index in [1.165, 1.54) is 0 Å². The Balaban J connectivity index is 0. The lowest BCUT2D eigenvalue weighted by atomic mass is 10.3. The van der Waals surface area contributed by atoms with Crippen LogP contribution < -0.4 is 0 Å². The number of rotatable bonds is 7. The van der Waals surface area contributed by atoms with Crippen molar-refractivity contribution in [2.45, 2.75) is 72.1 Å². The zero-order valence-corrected chi connectivity index (χ0v) is 15.5. The molecule has 0 unspecified atom stereocenters. The van der Waals surface area contributed by atoms with Crippen molar-refractivity contribution >= 4 is 21.8 Å². The maximum atomic E-state index is 10.7. The third kappa shape index (κ3) is 20.9. The van der Waals surface area contributed by atoms with Crippen molar-refractivity contribution in [2.24, 2.45) is 0 Å². The highest BCUT2D eigenvalue weighted by Crippen LogP contribution is 2.08. The predicted molar refractivity (Wildman–Crippen MR) is 91.2 cm³/mol. The number of carbonyl (C=O) groups excluding carboxylic acids is 1. The average molecular weight is 352 g/mol. The third-order valence-corrected chi connectivity index (χ3v) is 4.66. The van der Waals surface area contributed by atoms with Crippen LogP contribution in [0.4, 0.5) is 0 Å². The number of aliphatic carboxylic acids is 1. The zero-order valence-electron chi connectivity index (χ0n) is 14.7. The number of esters is 1. The average Bonchev–Trinajstić information content (AvgIpc) is 2.85. The summed E-state index contributed by atoms with van der Waals surface area (Å²) in [5, 5.41) is 7.91. The summed E-state index contributed by atoms with van der Waals surface area (Å²) in [7, 11) is -2.55. The van der Waals surface area contributed by atoms with Crippen LogP contribution in [0.25, 0.3) is 0 Å². The largest absolute Gasteiger partial charge is 0.481 e. The summed E-state index contributed by atoms with van der Waals surface area (Å²) in [6.07, 6.45) is 6.28. The normalized spacial score (nSPS) is 14.7. The van der Waals surface area contributed by atoms with Crippen molar-refractivity contribution in [2.75, 3.05) is 18.1 Å². The van der Waals surface area contributed by atoms with E-state index in [1.54, 1.807) is 0 Å². The van der Waals surface area contributed by atoms with E-state index in [0.29, 0.717) is 31.0 Å². The lowest BCUT2D eigenvalue weighted by Crippen LogP contribution is -2.04. The van der Waals surface area contributed by atoms with Crippen molar-refractivity contribution in [3.05, 3.63) is 0 Å². The zero-order chi connectivity index (χ0) is 18.1. The molecule has 1 fully saturated rings. The lowest BCUT2D eigenvalue weighted by molar-refractivity contribution is -0.143. The molecule has 138 valence electrons. The molecule has 0 bridgehead atoms. The molecule has 0 aromatic rings. The first-order valence-electron chi connectivity index (χ1n) is 8.36. The van der Waals surface area contributed by atoms with E-state index in [0.717, 1.165) is 38.5 Å². The van der Waals surface area contributed by atoms with Crippen molar-refractivity contribution in [3.8, 4) is 0 Å². The van der Waals surface area contributed by atoms with E-state index in [-0.39, 0.29) is 5.97 Å². The van der Waals surface area contributed by atoms with Crippen LogP contribution in [-0.4, -0.2) is 43.6 Å². The smallest absolute Gasteiger partial charge is 0.305 e. The van der Waals surface area contributed by atoms with Gasteiger partial charge in [0, 0.05) is 12.8 Å². The van der Waals surface area contributed by atoms with Crippen molar-refractivity contribution in [1.29, 1.82) is 0 Å². The second kappa shape index (κ2) is 15.8. The summed E-state index contributed by atoms with van der Waals surface area (Å²) in [6.45, 7) is 6.48. The Bertz CT molecular complexity index is 391. The first kappa shape index (κ1) is 24.1. The van der Waals surface area contributed by atoms with E-state index in [2.05, 4.69) is 6.92 Å². The Morgan fingerprint density at radius 2 is 1.48 bits per heavy atom. The molecule has 1 heterocycles. The molecule has 1 aliphatic heterocycles. The second-order valence-corrected chi connectivity index (χ2v) is 7.63. The van der Waals surface area contributed by atoms with Gasteiger partial charge in [-0.3, -0.25) is 9.59 Å². The lowest BCUT2D eigenvalue weighted by Gasteiger charge is -2.00. The number of carbonyl (C=O) groups is 2. The molecule has 7 heteroatoms. The van der Waals surface area contributed by atoms with Crippen molar-refractivity contribution < 1.29 is 27.9 Å². The first-order chi connectivity index (χ1) is 10.8. The van der Waals surface area contributed by atoms with Crippen LogP contribution in [-0.2, 0) is 24.2 Å². The van der Waals surface area contributed by atoms with Gasteiger partial charge < -0.3 is 9.84 Å². The van der Waals surface area contributed by atoms with E-state index < -0.39 is 15.8 Å². The van der Waals surface area contributed by atoms with Crippen LogP contribution in [0, 0.1) is 0 Å². The molecule has 1 rings (SSSR count). The summed E-state index contributed by atoms with van der Waals surface area (Å²) < 4.78 is 25.7. The fourth-order valence-corrected chi connectivity index (χ4v) is 3.06. The summed E-state index contributed by atoms with van der Waals surface area (Å²) in [6, 6.07) is 0. The highest BCUT2D eigenvalue weighted by molar-refractivity contribution is 7.91. The number of unbranched alkanes of at least 4 members (excludes halogenated alkanes) is 1. The fraction of sp³-hybridized carbons (Fsp3) is 0.875. The summed E-state index contributed by atoms with van der Waals surface area (Å²) in [5.41, 5.74) is 0. The monoisotopic (exact) mass is 352 g/mol. The van der Waals surface area contributed by atoms with E-state index in [9.17, 15) is 18.0 Å². The molecule has 0 amide bonds. The Hall–Kier alpha value is -1.11. The van der Waals surface area contributed by atoms with Gasteiger partial charge in [0.25, 0.3) is 0 Å². The SMILES string of the molecule is CCCC(=O)O.CCCCOC(=O)CCC.O=S1(=O)CCCC1. The highest BCUT2D eigenvalue weighted by Gasteiger charge is 2.16. The quantitative estimate of drug-likeness (QED) is 0.558. The van der Waals surface area contributed by atoms with Gasteiger partial charge in [-0.05, 0) is 32.1 Å². The second-order valence-electron chi connectivity index (χ2n) is 5.33. The Labute approximate surface area is 140 Å². The molecule has 0 aliphatic carbocycles. The van der Waals surface area contributed by atoms with Crippen LogP contribution in [0.2, 0.25) is 0 Å². The third-order valence-electron chi connectivity index (χ3n) is 2.84. The number of sulfone groups is 1. The van der Waals surface area contributed by atoms with Gasteiger partial charge in [-0.25, -0.2) is 8.42 Å². The molecule has 1 saturated heterocycles. The summed E-state index contributed by atoms with van der Waals surface area (Å²) in [5.74, 6) is 0.0773. The van der Waals surface area contributed by atoms with Gasteiger partial charge in [-0.2, -0.15) is 0 Å². The van der Waals surface area contributed by atoms with E-state index in [1.807, 2.05) is 13.8 Å². The number of hydrogen-bond donors (Lipinski definition) is 1. The van der Waals surface area contributed by atoms with E-state index in [4.69, 9.17) is 9.84 Å². The number of hydrogen-bond acceptors (Lipinski definition) is 5. The maximum absolute atomic E-state index is 10.7. The summed E-state index contributed by atoms with van der Waals surface area (Å²) in [4.78, 5) is 20.3. The van der Waals surface area contributed by atoms with Crippen LogP contribution in [0.3, 0.4) is 0 Å². The standard InChI is InChI=1S/C8H16O2.C4H8O2S.C4H8O2/c1-3-5-7-10-8(9)6-4-2;5-7(6)3-1-2-4-7;1-2-3-4(5)6/h3-7H2,1-2H3;1-4H2;2-3H2,1H3,(H,5,6). The van der Waals surface area contributed by atoms with Crippen LogP contribution >= 0.6 is 0 Å². The molecular weight excluding hydrogens is 320 g/mol. The molecule has 0 aromatic heterocycles. The molecule has 0 saturated carbocycles. The minimum atomic E-state index is -2.55. The minimum absolute atomic E-state index is 0.0593. The molecule has 23 heavy (non-hydrogen) atoms. The topological polar surface area (TPSA) is 97.7 Å². The molecule has 0 aromatic carbocycles. The Morgan fingerprint density at radius 1 is 0.957 bits per heavy atom. The van der Waals surface area contributed by atoms with Gasteiger partial charge in [0.1, 0.15) is 9.84 Å². The Morgan fingerprint density at radius 3 is 1.74 bits per heavy atom. The van der Waals surface area contributed by atoms with Crippen LogP contribution in [0.15, 0.2) is 0 Å². The predicted octanol–water partition coefficient (Wildman–Crippen LogP) is 3.20. The number of carboxylic acids is 1. The Kier molecular flexibility index (Phi) is 16.6. The first-order valence-corrected chi connectivity index (χ1v) is 10.2. The molecule has 0 radical (unpaired) electrons. The maximum Gasteiger partial charge on any atom is 0.305 e. The van der Waals surface area contributed by atoms with Gasteiger partial charge in [-0.1, -0.05) is 27.2 Å². The van der Waals surface area contributed by atoms with Gasteiger partial charge >= 0.3 is 11.9 Å². The highest BCUT2D eigenvalue weighted by atomic mass is 32.2. The van der Waals surface area contributed by atoms with Gasteiger partial charge in [0.2, 0.25) is 0 Å². The molecule has 6 nitrogen and oxygen atoms in total. The van der Waals surface area contributed by atoms with E-state index >= 15 is 0 Å². The number of carboxylic acid groups (broad SMARTS) is 1. The number of ether oxygens (including phenoxy) is 1. The minimum Gasteiger partial charge on any atom is -0.481 e. The van der Waals surface area contributed by atoms with Gasteiger partial charge in [-0.15, -0.1) is 0 Å². The van der Waals surface area contributed by atoms with Crippen molar-refractivity contribution in [3.63, 3.8) is 0 Å². The van der Waals surface area contributed by atoms with Gasteiger partial charge in [0.05, 0.1) is 18.1 Å². The van der Waals surface area contributed by atoms with Crippen LogP contribution in [0.5, 0.6) is 0 Å². The molecule has 1 N–H and O–H groups in total. The van der Waals surface area contributed by atoms with Crippen molar-refractivity contribution in [1.82, 2.24) is 0 Å². The van der Waals surface area contributed by atoms with Crippen LogP contribution in [0.1, 0.15) is 72.1 Å². The summed E-state index contributed by atoms with van der Waals surface area (Å²) >= 11 is 0. The molecule has 0 spiro atoms. The molecule has 0 atom stereocenters. The van der Waals surface area contributed by atoms with Gasteiger partial charge in [0.15, 0.2) is 0 Å².